The number of carbonyl (C=O) groups is 1. The van der Waals surface area contributed by atoms with Gasteiger partial charge in [-0.3, -0.25) is 19.7 Å². The molecule has 0 aliphatic carbocycles. The summed E-state index contributed by atoms with van der Waals surface area (Å²) in [7, 11) is 0. The summed E-state index contributed by atoms with van der Waals surface area (Å²) in [5.74, 6) is 1.69. The van der Waals surface area contributed by atoms with Gasteiger partial charge in [0.05, 0.1) is 11.7 Å². The maximum absolute atomic E-state index is 10.7. The molecule has 2 saturated heterocycles. The van der Waals surface area contributed by atoms with E-state index in [4.69, 9.17) is 14.7 Å². The van der Waals surface area contributed by atoms with Crippen molar-refractivity contribution >= 4 is 23.2 Å². The lowest BCUT2D eigenvalue weighted by Crippen LogP contribution is -2.48. The molecule has 3 aromatic rings. The molecular formula is C25H30N6O2. The molecule has 5 rings (SSSR count). The van der Waals surface area contributed by atoms with Crippen LogP contribution in [0.3, 0.4) is 0 Å². The van der Waals surface area contributed by atoms with Crippen LogP contribution in [-0.2, 0) is 9.53 Å². The quantitative estimate of drug-likeness (QED) is 0.533. The average molecular weight is 447 g/mol. The molecule has 2 fully saturated rings. The van der Waals surface area contributed by atoms with Crippen LogP contribution in [0.1, 0.15) is 33.1 Å². The Labute approximate surface area is 194 Å². The van der Waals surface area contributed by atoms with Crippen molar-refractivity contribution in [3.05, 3.63) is 43.0 Å². The van der Waals surface area contributed by atoms with Crippen LogP contribution in [0.5, 0.6) is 0 Å². The van der Waals surface area contributed by atoms with Crippen molar-refractivity contribution in [3.8, 4) is 11.4 Å². The van der Waals surface area contributed by atoms with Gasteiger partial charge in [-0.05, 0) is 63.3 Å². The number of piperidine rings is 1. The van der Waals surface area contributed by atoms with Gasteiger partial charge < -0.3 is 9.64 Å². The summed E-state index contributed by atoms with van der Waals surface area (Å²) in [6, 6.07) is 5.89. The third-order valence-electron chi connectivity index (χ3n) is 7.34. The van der Waals surface area contributed by atoms with E-state index in [9.17, 15) is 4.79 Å². The van der Waals surface area contributed by atoms with E-state index in [1.807, 2.05) is 30.6 Å². The summed E-state index contributed by atoms with van der Waals surface area (Å²) in [4.78, 5) is 33.7. The number of hydrogen-bond acceptors (Lipinski definition) is 8. The molecule has 172 valence electrons. The molecule has 5 heterocycles. The molecule has 0 amide bonds. The number of ether oxygens (including phenoxy) is 1. The van der Waals surface area contributed by atoms with Crippen LogP contribution in [0.4, 0.5) is 5.82 Å². The summed E-state index contributed by atoms with van der Waals surface area (Å²) in [5, 5.41) is 1.04. The molecule has 2 aliphatic heterocycles. The van der Waals surface area contributed by atoms with Crippen molar-refractivity contribution in [2.45, 2.75) is 38.6 Å². The standard InChI is InChI=1S/C25H30N6O2/c1-24(2,17-33-18-32)31-14-8-25(16-31)6-12-30(13-7-25)23-20-5-11-27-15-21(20)28-22(29-23)19-3-9-26-10-4-19/h3-5,9-11,15,18H,6-8,12-14,16-17H2,1-2H3. The normalized spacial score (nSPS) is 18.7. The second-order valence-electron chi connectivity index (χ2n) is 9.88. The summed E-state index contributed by atoms with van der Waals surface area (Å²) in [6.07, 6.45) is 10.6. The van der Waals surface area contributed by atoms with Gasteiger partial charge in [-0.2, -0.15) is 0 Å². The lowest BCUT2D eigenvalue weighted by atomic mass is 9.77. The Kier molecular flexibility index (Phi) is 5.70. The molecule has 0 saturated carbocycles. The molecule has 8 heteroatoms. The summed E-state index contributed by atoms with van der Waals surface area (Å²) in [5.41, 5.74) is 1.99. The number of hydrogen-bond donors (Lipinski definition) is 0. The number of rotatable bonds is 6. The van der Waals surface area contributed by atoms with Crippen LogP contribution in [0.25, 0.3) is 22.3 Å². The zero-order valence-corrected chi connectivity index (χ0v) is 19.3. The van der Waals surface area contributed by atoms with Crippen molar-refractivity contribution in [1.82, 2.24) is 24.8 Å². The van der Waals surface area contributed by atoms with Gasteiger partial charge >= 0.3 is 0 Å². The highest BCUT2D eigenvalue weighted by molar-refractivity contribution is 5.90. The second kappa shape index (κ2) is 8.67. The van der Waals surface area contributed by atoms with Crippen molar-refractivity contribution in [3.63, 3.8) is 0 Å². The Morgan fingerprint density at radius 3 is 2.52 bits per heavy atom. The smallest absolute Gasteiger partial charge is 0.293 e. The number of nitrogens with zero attached hydrogens (tertiary/aromatic N) is 6. The minimum Gasteiger partial charge on any atom is -0.466 e. The van der Waals surface area contributed by atoms with Crippen molar-refractivity contribution < 1.29 is 9.53 Å². The molecule has 0 unspecified atom stereocenters. The zero-order valence-electron chi connectivity index (χ0n) is 19.3. The van der Waals surface area contributed by atoms with Crippen LogP contribution in [0.2, 0.25) is 0 Å². The number of fused-ring (bicyclic) bond motifs is 1. The second-order valence-corrected chi connectivity index (χ2v) is 9.88. The van der Waals surface area contributed by atoms with Gasteiger partial charge in [-0.25, -0.2) is 9.97 Å². The predicted molar refractivity (Wildman–Crippen MR) is 127 cm³/mol. The number of aromatic nitrogens is 4. The topological polar surface area (TPSA) is 84.3 Å². The van der Waals surface area contributed by atoms with Gasteiger partial charge in [-0.1, -0.05) is 0 Å². The summed E-state index contributed by atoms with van der Waals surface area (Å²) >= 11 is 0. The number of likely N-dealkylation sites (tertiary alicyclic amines) is 1. The SMILES string of the molecule is CC(C)(COC=O)N1CCC2(CCN(c3nc(-c4ccncc4)nc4cnccc34)CC2)C1. The highest BCUT2D eigenvalue weighted by Crippen LogP contribution is 2.43. The molecular weight excluding hydrogens is 416 g/mol. The van der Waals surface area contributed by atoms with Gasteiger partial charge in [0.25, 0.3) is 6.47 Å². The number of carbonyl (C=O) groups excluding carboxylic acids is 1. The monoisotopic (exact) mass is 446 g/mol. The Morgan fingerprint density at radius 2 is 1.76 bits per heavy atom. The van der Waals surface area contributed by atoms with Crippen LogP contribution >= 0.6 is 0 Å². The van der Waals surface area contributed by atoms with E-state index in [-0.39, 0.29) is 5.54 Å². The fourth-order valence-corrected chi connectivity index (χ4v) is 5.22. The molecule has 0 aromatic carbocycles. The molecule has 0 atom stereocenters. The Balaban J connectivity index is 1.36. The van der Waals surface area contributed by atoms with Gasteiger partial charge in [-0.15, -0.1) is 0 Å². The highest BCUT2D eigenvalue weighted by Gasteiger charge is 2.45. The van der Waals surface area contributed by atoms with Crippen molar-refractivity contribution in [2.24, 2.45) is 5.41 Å². The first-order chi connectivity index (χ1) is 16.0. The maximum Gasteiger partial charge on any atom is 0.293 e. The van der Waals surface area contributed by atoms with Gasteiger partial charge in [0.15, 0.2) is 5.82 Å². The molecule has 0 bridgehead atoms. The molecule has 2 aliphatic rings. The fourth-order valence-electron chi connectivity index (χ4n) is 5.22. The lowest BCUT2D eigenvalue weighted by molar-refractivity contribution is -0.132. The first-order valence-electron chi connectivity index (χ1n) is 11.6. The largest absolute Gasteiger partial charge is 0.466 e. The van der Waals surface area contributed by atoms with Gasteiger partial charge in [0.2, 0.25) is 0 Å². The van der Waals surface area contributed by atoms with Crippen molar-refractivity contribution in [1.29, 1.82) is 0 Å². The van der Waals surface area contributed by atoms with Crippen LogP contribution in [0, 0.1) is 5.41 Å². The summed E-state index contributed by atoms with van der Waals surface area (Å²) in [6.45, 7) is 9.31. The Hall–Kier alpha value is -3.13. The number of pyridine rings is 2. The van der Waals surface area contributed by atoms with Crippen LogP contribution in [-0.4, -0.2) is 69.6 Å². The Bertz CT molecular complexity index is 1130. The zero-order chi connectivity index (χ0) is 22.9. The Morgan fingerprint density at radius 1 is 1.03 bits per heavy atom. The average Bonchev–Trinajstić information content (AvgIpc) is 3.28. The fraction of sp³-hybridized carbons (Fsp3) is 0.480. The molecule has 3 aromatic heterocycles. The van der Waals surface area contributed by atoms with E-state index in [0.717, 1.165) is 61.3 Å². The van der Waals surface area contributed by atoms with E-state index < -0.39 is 0 Å². The van der Waals surface area contributed by atoms with Gasteiger partial charge in [0.1, 0.15) is 12.4 Å². The minimum atomic E-state index is -0.142. The molecule has 0 N–H and O–H groups in total. The van der Waals surface area contributed by atoms with E-state index in [2.05, 4.69) is 33.6 Å². The molecule has 33 heavy (non-hydrogen) atoms. The first kappa shape index (κ1) is 21.7. The van der Waals surface area contributed by atoms with Crippen LogP contribution < -0.4 is 4.90 Å². The molecule has 8 nitrogen and oxygen atoms in total. The molecule has 0 radical (unpaired) electrons. The van der Waals surface area contributed by atoms with Crippen molar-refractivity contribution in [2.75, 3.05) is 37.7 Å². The van der Waals surface area contributed by atoms with E-state index in [0.29, 0.717) is 24.3 Å². The predicted octanol–water partition coefficient (Wildman–Crippen LogP) is 3.33. The number of anilines is 1. The molecule has 1 spiro atoms. The first-order valence-corrected chi connectivity index (χ1v) is 11.6. The van der Waals surface area contributed by atoms with E-state index >= 15 is 0 Å². The van der Waals surface area contributed by atoms with E-state index in [1.165, 1.54) is 6.42 Å². The third-order valence-corrected chi connectivity index (χ3v) is 7.34. The maximum atomic E-state index is 10.7. The highest BCUT2D eigenvalue weighted by atomic mass is 16.5. The van der Waals surface area contributed by atoms with Gasteiger partial charge in [0, 0.05) is 54.7 Å². The van der Waals surface area contributed by atoms with E-state index in [1.54, 1.807) is 12.4 Å². The lowest BCUT2D eigenvalue weighted by Gasteiger charge is -2.42. The van der Waals surface area contributed by atoms with Crippen LogP contribution in [0.15, 0.2) is 43.0 Å². The third kappa shape index (κ3) is 4.27. The summed E-state index contributed by atoms with van der Waals surface area (Å²) < 4.78 is 5.10. The minimum absolute atomic E-state index is 0.142.